The summed E-state index contributed by atoms with van der Waals surface area (Å²) < 4.78 is 58.5. The van der Waals surface area contributed by atoms with Crippen LogP contribution in [-0.2, 0) is 45.7 Å². The van der Waals surface area contributed by atoms with Gasteiger partial charge < -0.3 is 10.2 Å². The molecule has 0 saturated heterocycles. The number of aryl methyl sites for hydroxylation is 5. The molecule has 11 nitrogen and oxygen atoms in total. The zero-order valence-corrected chi connectivity index (χ0v) is 36.7. The minimum Gasteiger partial charge on any atom is -0.478 e. The van der Waals surface area contributed by atoms with Crippen LogP contribution in [-0.4, -0.2) is 44.8 Å². The van der Waals surface area contributed by atoms with Crippen molar-refractivity contribution in [3.63, 3.8) is 0 Å². The molecule has 6 aromatic carbocycles. The SMILES string of the molecule is CC(=O)c1ccc(S(=O)(=O)Nc2ccccc2CCc2ccc(C(=O)O)cc2)cc1.Cc1c(S(=O)(=O)Nc2ccccc2CCc2ccc(C(=O)O)cc2)sc2ccc(Cl)cc12. The van der Waals surface area contributed by atoms with E-state index >= 15 is 0 Å². The highest BCUT2D eigenvalue weighted by Gasteiger charge is 2.23. The molecule has 0 spiro atoms. The Bertz CT molecular complexity index is 2990. The van der Waals surface area contributed by atoms with Crippen LogP contribution in [0.5, 0.6) is 0 Å². The summed E-state index contributed by atoms with van der Waals surface area (Å²) in [7, 11) is -7.58. The van der Waals surface area contributed by atoms with Crippen LogP contribution in [0.15, 0.2) is 149 Å². The van der Waals surface area contributed by atoms with Gasteiger partial charge in [0, 0.05) is 15.3 Å². The number of sulfonamides is 2. The van der Waals surface area contributed by atoms with E-state index in [0.29, 0.717) is 53.2 Å². The number of Topliss-reactive ketones (excluding diaryl/α,β-unsaturated/α-hetero) is 1. The molecule has 0 saturated carbocycles. The van der Waals surface area contributed by atoms with Crippen molar-refractivity contribution in [1.82, 2.24) is 0 Å². The molecule has 0 amide bonds. The average Bonchev–Trinajstić information content (AvgIpc) is 3.59. The van der Waals surface area contributed by atoms with Gasteiger partial charge in [-0.3, -0.25) is 14.2 Å². The van der Waals surface area contributed by atoms with E-state index in [9.17, 15) is 31.2 Å². The first-order chi connectivity index (χ1) is 29.5. The van der Waals surface area contributed by atoms with E-state index in [0.717, 1.165) is 32.3 Å². The number of carbonyl (C=O) groups excluding carboxylic acids is 1. The molecule has 4 N–H and O–H groups in total. The highest BCUT2D eigenvalue weighted by atomic mass is 35.5. The molecule has 1 heterocycles. The van der Waals surface area contributed by atoms with Crippen molar-refractivity contribution in [2.24, 2.45) is 0 Å². The Kier molecular flexibility index (Phi) is 14.3. The van der Waals surface area contributed by atoms with Gasteiger partial charge >= 0.3 is 11.9 Å². The Balaban J connectivity index is 0.000000207. The minimum atomic E-state index is -3.80. The lowest BCUT2D eigenvalue weighted by atomic mass is 10.0. The van der Waals surface area contributed by atoms with Crippen LogP contribution in [0.2, 0.25) is 5.02 Å². The molecule has 1 aromatic heterocycles. The van der Waals surface area contributed by atoms with Crippen molar-refractivity contribution in [1.29, 1.82) is 0 Å². The number of anilines is 2. The fraction of sp³-hybridized carbons (Fsp3) is 0.128. The Morgan fingerprint density at radius 3 is 1.50 bits per heavy atom. The second kappa shape index (κ2) is 19.6. The van der Waals surface area contributed by atoms with Gasteiger partial charge in [0.05, 0.1) is 27.4 Å². The zero-order chi connectivity index (χ0) is 44.6. The first kappa shape index (κ1) is 45.2. The number of hydrogen-bond donors (Lipinski definition) is 4. The number of benzene rings is 6. The van der Waals surface area contributed by atoms with Crippen molar-refractivity contribution in [3.05, 3.63) is 189 Å². The largest absolute Gasteiger partial charge is 0.478 e. The Labute approximate surface area is 368 Å². The molecule has 0 atom stereocenters. The van der Waals surface area contributed by atoms with Gasteiger partial charge in [-0.15, -0.1) is 11.3 Å². The molecule has 0 bridgehead atoms. The van der Waals surface area contributed by atoms with E-state index in [1.165, 1.54) is 42.5 Å². The predicted octanol–water partition coefficient (Wildman–Crippen LogP) is 10.3. The summed E-state index contributed by atoms with van der Waals surface area (Å²) in [5.74, 6) is -2.07. The van der Waals surface area contributed by atoms with Crippen molar-refractivity contribution < 1.29 is 41.4 Å². The van der Waals surface area contributed by atoms with E-state index < -0.39 is 32.0 Å². The normalized spacial score (nSPS) is 11.3. The summed E-state index contributed by atoms with van der Waals surface area (Å²) in [5.41, 5.74) is 6.22. The highest BCUT2D eigenvalue weighted by Crippen LogP contribution is 2.37. The van der Waals surface area contributed by atoms with E-state index in [1.54, 1.807) is 91.9 Å². The Hall–Kier alpha value is -6.32. The van der Waals surface area contributed by atoms with Gasteiger partial charge in [-0.05, 0) is 139 Å². The lowest BCUT2D eigenvalue weighted by Gasteiger charge is -2.13. The van der Waals surface area contributed by atoms with Gasteiger partial charge in [-0.2, -0.15) is 0 Å². The monoisotopic (exact) mass is 908 g/mol. The molecular weight excluding hydrogens is 868 g/mol. The molecule has 0 radical (unpaired) electrons. The third-order valence-corrected chi connectivity index (χ3v) is 14.8. The number of hydrogen-bond acceptors (Lipinski definition) is 8. The number of aromatic carboxylic acids is 2. The topological polar surface area (TPSA) is 184 Å². The van der Waals surface area contributed by atoms with E-state index in [4.69, 9.17) is 21.8 Å². The van der Waals surface area contributed by atoms with Crippen LogP contribution in [0, 0.1) is 6.92 Å². The lowest BCUT2D eigenvalue weighted by Crippen LogP contribution is -2.14. The Morgan fingerprint density at radius 2 is 1.03 bits per heavy atom. The average molecular weight is 910 g/mol. The number of carboxylic acids is 2. The van der Waals surface area contributed by atoms with Gasteiger partial charge in [0.1, 0.15) is 4.21 Å². The number of fused-ring (bicyclic) bond motifs is 1. The molecule has 7 aromatic rings. The number of para-hydroxylation sites is 2. The third kappa shape index (κ3) is 11.3. The second-order valence-corrected chi connectivity index (χ2v) is 19.3. The van der Waals surface area contributed by atoms with Gasteiger partial charge in [0.15, 0.2) is 5.78 Å². The summed E-state index contributed by atoms with van der Waals surface area (Å²) in [6.45, 7) is 3.21. The number of ketones is 1. The number of carboxylic acid groups (broad SMARTS) is 2. The molecule has 0 unspecified atom stereocenters. The van der Waals surface area contributed by atoms with Crippen LogP contribution in [0.4, 0.5) is 11.4 Å². The number of carbonyl (C=O) groups is 3. The van der Waals surface area contributed by atoms with Crippen molar-refractivity contribution in [2.45, 2.75) is 48.6 Å². The van der Waals surface area contributed by atoms with E-state index in [2.05, 4.69) is 9.44 Å². The quantitative estimate of drug-likeness (QED) is 0.0727. The smallest absolute Gasteiger partial charge is 0.335 e. The number of nitrogens with one attached hydrogen (secondary N) is 2. The van der Waals surface area contributed by atoms with Crippen LogP contribution in [0.3, 0.4) is 0 Å². The number of halogens is 1. The number of thiophene rings is 1. The minimum absolute atomic E-state index is 0.0755. The second-order valence-electron chi connectivity index (χ2n) is 14.3. The van der Waals surface area contributed by atoms with Gasteiger partial charge in [0.2, 0.25) is 0 Å². The molecule has 0 aliphatic heterocycles. The van der Waals surface area contributed by atoms with Gasteiger partial charge in [-0.25, -0.2) is 26.4 Å². The predicted molar refractivity (Wildman–Crippen MR) is 244 cm³/mol. The molecule has 0 aliphatic carbocycles. The fourth-order valence-corrected chi connectivity index (χ4v) is 10.7. The summed E-state index contributed by atoms with van der Waals surface area (Å²) in [6, 6.07) is 38.9. The Morgan fingerprint density at radius 1 is 0.581 bits per heavy atom. The third-order valence-electron chi connectivity index (χ3n) is 9.96. The molecule has 318 valence electrons. The summed E-state index contributed by atoms with van der Waals surface area (Å²) in [4.78, 5) is 33.4. The van der Waals surface area contributed by atoms with Crippen LogP contribution < -0.4 is 9.44 Å². The molecule has 0 aliphatic rings. The molecule has 0 fully saturated rings. The van der Waals surface area contributed by atoms with Crippen molar-refractivity contribution in [3.8, 4) is 0 Å². The summed E-state index contributed by atoms with van der Waals surface area (Å²) in [6.07, 6.45) is 2.46. The standard InChI is InChI=1S/C24H20ClNO4S2.C23H21NO5S/c1-15-20-14-19(25)12-13-22(20)31-24(15)32(29,30)26-21-5-3-2-4-17(21)9-6-16-7-10-18(11-8-16)23(27)28;1-16(25)18-12-14-21(15-13-18)30(28,29)24-22-5-3-2-4-19(22)9-6-17-7-10-20(11-8-17)23(26)27/h2-5,7-8,10-14,26H,6,9H2,1H3,(H,27,28);2-5,7-8,10-15,24H,6,9H2,1H3,(H,26,27). The first-order valence-corrected chi connectivity index (χ1v) is 23.3. The van der Waals surface area contributed by atoms with Crippen LogP contribution in [0.1, 0.15) is 65.8 Å². The maximum atomic E-state index is 13.2. The van der Waals surface area contributed by atoms with Crippen molar-refractivity contribution in [2.75, 3.05) is 9.44 Å². The fourth-order valence-electron chi connectivity index (χ4n) is 6.55. The molecular formula is C47H41ClN2O9S3. The van der Waals surface area contributed by atoms with E-state index in [1.807, 2.05) is 30.3 Å². The maximum absolute atomic E-state index is 13.2. The highest BCUT2D eigenvalue weighted by molar-refractivity contribution is 7.95. The first-order valence-electron chi connectivity index (χ1n) is 19.2. The van der Waals surface area contributed by atoms with Crippen LogP contribution >= 0.6 is 22.9 Å². The number of rotatable bonds is 15. The van der Waals surface area contributed by atoms with Crippen molar-refractivity contribution >= 4 is 82.2 Å². The lowest BCUT2D eigenvalue weighted by molar-refractivity contribution is 0.0686. The van der Waals surface area contributed by atoms with Gasteiger partial charge in [0.25, 0.3) is 20.0 Å². The molecule has 62 heavy (non-hydrogen) atoms. The van der Waals surface area contributed by atoms with E-state index in [-0.39, 0.29) is 26.0 Å². The maximum Gasteiger partial charge on any atom is 0.335 e. The van der Waals surface area contributed by atoms with Crippen LogP contribution in [0.25, 0.3) is 10.1 Å². The zero-order valence-electron chi connectivity index (χ0n) is 33.5. The molecule has 15 heteroatoms. The van der Waals surface area contributed by atoms with Gasteiger partial charge in [-0.1, -0.05) is 84.4 Å². The molecule has 7 rings (SSSR count). The summed E-state index contributed by atoms with van der Waals surface area (Å²) in [5, 5.41) is 19.4. The summed E-state index contributed by atoms with van der Waals surface area (Å²) >= 11 is 7.31.